The first-order chi connectivity index (χ1) is 8.58. The Labute approximate surface area is 107 Å². The summed E-state index contributed by atoms with van der Waals surface area (Å²) < 4.78 is 5.70. The third-order valence-electron chi connectivity index (χ3n) is 3.47. The zero-order valence-electron chi connectivity index (χ0n) is 10.6. The molecule has 2 rings (SSSR count). The van der Waals surface area contributed by atoms with E-state index in [9.17, 15) is 4.79 Å². The van der Waals surface area contributed by atoms with Crippen LogP contribution in [0.25, 0.3) is 0 Å². The van der Waals surface area contributed by atoms with Crippen LogP contribution >= 0.6 is 0 Å². The van der Waals surface area contributed by atoms with Gasteiger partial charge in [0.1, 0.15) is 11.8 Å². The number of hydrogen-bond acceptors (Lipinski definition) is 4. The topological polar surface area (TPSA) is 79.7 Å². The number of anilines is 1. The summed E-state index contributed by atoms with van der Waals surface area (Å²) in [5, 5.41) is 8.76. The molecule has 0 aromatic carbocycles. The number of hydrogen-bond donors (Lipinski definition) is 2. The van der Waals surface area contributed by atoms with E-state index in [-0.39, 0.29) is 6.42 Å². The number of furan rings is 1. The number of aliphatic carboxylic acids is 1. The normalized spacial score (nSPS) is 21.9. The van der Waals surface area contributed by atoms with Crippen LogP contribution in [0.3, 0.4) is 0 Å². The Morgan fingerprint density at radius 3 is 3.06 bits per heavy atom. The molecule has 1 aliphatic rings. The van der Waals surface area contributed by atoms with Crippen molar-refractivity contribution in [1.82, 2.24) is 0 Å². The summed E-state index contributed by atoms with van der Waals surface area (Å²) >= 11 is 0. The highest BCUT2D eigenvalue weighted by Crippen LogP contribution is 2.26. The monoisotopic (exact) mass is 252 g/mol. The molecule has 0 spiro atoms. The van der Waals surface area contributed by atoms with Crippen molar-refractivity contribution in [1.29, 1.82) is 0 Å². The molecule has 1 aromatic rings. The van der Waals surface area contributed by atoms with Crippen molar-refractivity contribution >= 4 is 11.9 Å². The maximum atomic E-state index is 10.7. The van der Waals surface area contributed by atoms with Crippen molar-refractivity contribution in [2.24, 2.45) is 5.73 Å². The second kappa shape index (κ2) is 5.44. The number of piperidine rings is 1. The van der Waals surface area contributed by atoms with Crippen LogP contribution in [0.15, 0.2) is 16.5 Å². The molecule has 0 amide bonds. The SMILES string of the molecule is CC1CCCCN1c1ccc(CC(N)C(=O)O)o1. The predicted octanol–water partition coefficient (Wildman–Crippen LogP) is 1.61. The molecular formula is C13H20N2O3. The van der Waals surface area contributed by atoms with Gasteiger partial charge in [0.2, 0.25) is 0 Å². The Balaban J connectivity index is 2.03. The van der Waals surface area contributed by atoms with Gasteiger partial charge in [0.15, 0.2) is 5.88 Å². The van der Waals surface area contributed by atoms with Crippen LogP contribution in [-0.2, 0) is 11.2 Å². The molecule has 1 fully saturated rings. The maximum absolute atomic E-state index is 10.7. The quantitative estimate of drug-likeness (QED) is 0.851. The second-order valence-electron chi connectivity index (χ2n) is 4.93. The van der Waals surface area contributed by atoms with Gasteiger partial charge in [0.05, 0.1) is 0 Å². The summed E-state index contributed by atoms with van der Waals surface area (Å²) in [6.07, 6.45) is 3.84. The Morgan fingerprint density at radius 1 is 1.61 bits per heavy atom. The minimum absolute atomic E-state index is 0.234. The zero-order valence-corrected chi connectivity index (χ0v) is 10.6. The first-order valence-electron chi connectivity index (χ1n) is 6.41. The standard InChI is InChI=1S/C13H20N2O3/c1-9-4-2-3-7-15(9)12-6-5-10(18-12)8-11(14)13(16)17/h5-6,9,11H,2-4,7-8,14H2,1H3,(H,16,17). The second-order valence-corrected chi connectivity index (χ2v) is 4.93. The number of carboxylic acids is 1. The van der Waals surface area contributed by atoms with Crippen LogP contribution in [0.5, 0.6) is 0 Å². The molecule has 2 unspecified atom stereocenters. The van der Waals surface area contributed by atoms with Gasteiger partial charge < -0.3 is 20.2 Å². The summed E-state index contributed by atoms with van der Waals surface area (Å²) in [5.41, 5.74) is 5.49. The van der Waals surface area contributed by atoms with Crippen LogP contribution in [-0.4, -0.2) is 29.7 Å². The van der Waals surface area contributed by atoms with E-state index in [2.05, 4.69) is 11.8 Å². The van der Waals surface area contributed by atoms with Crippen molar-refractivity contribution in [3.05, 3.63) is 17.9 Å². The van der Waals surface area contributed by atoms with Crippen molar-refractivity contribution < 1.29 is 14.3 Å². The number of nitrogens with zero attached hydrogens (tertiary/aromatic N) is 1. The van der Waals surface area contributed by atoms with E-state index in [1.54, 1.807) is 0 Å². The van der Waals surface area contributed by atoms with Crippen LogP contribution in [0.2, 0.25) is 0 Å². The molecule has 0 bridgehead atoms. The molecular weight excluding hydrogens is 232 g/mol. The Hall–Kier alpha value is -1.49. The minimum Gasteiger partial charge on any atom is -0.480 e. The molecule has 5 nitrogen and oxygen atoms in total. The molecule has 18 heavy (non-hydrogen) atoms. The lowest BCUT2D eigenvalue weighted by Gasteiger charge is -2.33. The molecule has 1 aromatic heterocycles. The minimum atomic E-state index is -1.00. The van der Waals surface area contributed by atoms with Crippen LogP contribution in [0.1, 0.15) is 31.9 Å². The third-order valence-corrected chi connectivity index (χ3v) is 3.47. The van der Waals surface area contributed by atoms with Gasteiger partial charge in [-0.05, 0) is 32.3 Å². The lowest BCUT2D eigenvalue weighted by atomic mass is 10.0. The maximum Gasteiger partial charge on any atom is 0.320 e. The molecule has 100 valence electrons. The van der Waals surface area contributed by atoms with Gasteiger partial charge in [-0.25, -0.2) is 0 Å². The molecule has 1 aliphatic heterocycles. The van der Waals surface area contributed by atoms with Gasteiger partial charge in [-0.2, -0.15) is 0 Å². The van der Waals surface area contributed by atoms with E-state index in [1.165, 1.54) is 19.3 Å². The number of carboxylic acid groups (broad SMARTS) is 1. The van der Waals surface area contributed by atoms with Crippen molar-refractivity contribution in [2.75, 3.05) is 11.4 Å². The zero-order chi connectivity index (χ0) is 13.1. The van der Waals surface area contributed by atoms with Crippen LogP contribution in [0.4, 0.5) is 5.88 Å². The lowest BCUT2D eigenvalue weighted by Crippen LogP contribution is -2.37. The summed E-state index contributed by atoms with van der Waals surface area (Å²) in [7, 11) is 0. The Bertz CT molecular complexity index is 416. The fourth-order valence-corrected chi connectivity index (χ4v) is 2.36. The van der Waals surface area contributed by atoms with Gasteiger partial charge >= 0.3 is 5.97 Å². The summed E-state index contributed by atoms with van der Waals surface area (Å²) in [6.45, 7) is 3.18. The Kier molecular flexibility index (Phi) is 3.91. The summed E-state index contributed by atoms with van der Waals surface area (Å²) in [6, 6.07) is 3.30. The van der Waals surface area contributed by atoms with Gasteiger partial charge in [-0.15, -0.1) is 0 Å². The fourth-order valence-electron chi connectivity index (χ4n) is 2.36. The highest BCUT2D eigenvalue weighted by molar-refractivity contribution is 5.73. The van der Waals surface area contributed by atoms with E-state index < -0.39 is 12.0 Å². The predicted molar refractivity (Wildman–Crippen MR) is 68.7 cm³/mol. The van der Waals surface area contributed by atoms with E-state index >= 15 is 0 Å². The first kappa shape index (κ1) is 13.0. The average Bonchev–Trinajstić information content (AvgIpc) is 2.77. The van der Waals surface area contributed by atoms with E-state index in [0.717, 1.165) is 12.4 Å². The van der Waals surface area contributed by atoms with Gasteiger partial charge in [-0.3, -0.25) is 4.79 Å². The largest absolute Gasteiger partial charge is 0.480 e. The summed E-state index contributed by atoms with van der Waals surface area (Å²) in [4.78, 5) is 12.9. The van der Waals surface area contributed by atoms with E-state index in [4.69, 9.17) is 15.3 Å². The highest BCUT2D eigenvalue weighted by Gasteiger charge is 2.22. The van der Waals surface area contributed by atoms with Gasteiger partial charge in [0, 0.05) is 25.1 Å². The molecule has 1 saturated heterocycles. The number of rotatable bonds is 4. The molecule has 3 N–H and O–H groups in total. The summed E-state index contributed by atoms with van der Waals surface area (Å²) in [5.74, 6) is 0.465. The molecule has 5 heteroatoms. The van der Waals surface area contributed by atoms with Crippen molar-refractivity contribution in [2.45, 2.75) is 44.7 Å². The molecule has 2 heterocycles. The van der Waals surface area contributed by atoms with Crippen molar-refractivity contribution in [3.63, 3.8) is 0 Å². The van der Waals surface area contributed by atoms with Crippen LogP contribution in [0, 0.1) is 0 Å². The third kappa shape index (κ3) is 2.85. The van der Waals surface area contributed by atoms with Gasteiger partial charge in [-0.1, -0.05) is 0 Å². The lowest BCUT2D eigenvalue weighted by molar-refractivity contribution is -0.138. The van der Waals surface area contributed by atoms with E-state index in [0.29, 0.717) is 11.8 Å². The van der Waals surface area contributed by atoms with E-state index in [1.807, 2.05) is 12.1 Å². The number of carbonyl (C=O) groups is 1. The Morgan fingerprint density at radius 2 is 2.39 bits per heavy atom. The van der Waals surface area contributed by atoms with Crippen LogP contribution < -0.4 is 10.6 Å². The molecule has 0 radical (unpaired) electrons. The number of nitrogens with two attached hydrogens (primary N) is 1. The molecule has 2 atom stereocenters. The highest BCUT2D eigenvalue weighted by atomic mass is 16.4. The molecule has 0 saturated carbocycles. The van der Waals surface area contributed by atoms with Gasteiger partial charge in [0.25, 0.3) is 0 Å². The van der Waals surface area contributed by atoms with Crippen molar-refractivity contribution in [3.8, 4) is 0 Å². The molecule has 0 aliphatic carbocycles. The average molecular weight is 252 g/mol. The smallest absolute Gasteiger partial charge is 0.320 e. The first-order valence-corrected chi connectivity index (χ1v) is 6.41. The fraction of sp³-hybridized carbons (Fsp3) is 0.615.